The van der Waals surface area contributed by atoms with Gasteiger partial charge in [0.2, 0.25) is 11.8 Å². The lowest BCUT2D eigenvalue weighted by Crippen LogP contribution is -2.50. The Morgan fingerprint density at radius 1 is 0.914 bits per heavy atom. The highest BCUT2D eigenvalue weighted by atomic mass is 35.5. The van der Waals surface area contributed by atoms with E-state index in [2.05, 4.69) is 5.32 Å². The van der Waals surface area contributed by atoms with Crippen molar-refractivity contribution in [2.45, 2.75) is 43.7 Å². The minimum Gasteiger partial charge on any atom is -0.354 e. The fourth-order valence-electron chi connectivity index (χ4n) is 3.69. The highest BCUT2D eigenvalue weighted by molar-refractivity contribution is 7.99. The second-order valence-corrected chi connectivity index (χ2v) is 10.1. The number of halogens is 2. The van der Waals surface area contributed by atoms with E-state index in [0.717, 1.165) is 16.9 Å². The molecule has 0 saturated carbocycles. The molecule has 0 aliphatic rings. The van der Waals surface area contributed by atoms with E-state index in [4.69, 9.17) is 23.2 Å². The van der Waals surface area contributed by atoms with Gasteiger partial charge in [-0.25, -0.2) is 0 Å². The summed E-state index contributed by atoms with van der Waals surface area (Å²) >= 11 is 14.5. The van der Waals surface area contributed by atoms with Crippen LogP contribution in [0.2, 0.25) is 10.0 Å². The largest absolute Gasteiger partial charge is 0.354 e. The number of carbonyl (C=O) groups is 2. The molecular weight excluding hydrogens is 499 g/mol. The van der Waals surface area contributed by atoms with Crippen LogP contribution in [0.15, 0.2) is 83.8 Å². The van der Waals surface area contributed by atoms with Crippen molar-refractivity contribution in [3.8, 4) is 0 Å². The molecule has 0 saturated heterocycles. The number of nitrogens with zero attached hydrogens (tertiary/aromatic N) is 1. The first kappa shape index (κ1) is 27.1. The predicted molar refractivity (Wildman–Crippen MR) is 146 cm³/mol. The molecule has 0 aliphatic heterocycles. The van der Waals surface area contributed by atoms with Gasteiger partial charge in [-0.05, 0) is 36.2 Å². The Labute approximate surface area is 222 Å². The van der Waals surface area contributed by atoms with E-state index in [1.165, 1.54) is 0 Å². The van der Waals surface area contributed by atoms with Gasteiger partial charge in [0.05, 0.1) is 0 Å². The third-order valence-corrected chi connectivity index (χ3v) is 7.26. The highest BCUT2D eigenvalue weighted by Crippen LogP contribution is 2.28. The zero-order valence-corrected chi connectivity index (χ0v) is 22.1. The Bertz CT molecular complexity index is 1080. The van der Waals surface area contributed by atoms with Crippen LogP contribution < -0.4 is 5.32 Å². The minimum absolute atomic E-state index is 0.114. The number of amides is 2. The van der Waals surface area contributed by atoms with Crippen molar-refractivity contribution in [1.82, 2.24) is 10.2 Å². The average molecular weight is 530 g/mol. The Morgan fingerprint density at radius 3 is 2.17 bits per heavy atom. The zero-order valence-electron chi connectivity index (χ0n) is 19.8. The van der Waals surface area contributed by atoms with Gasteiger partial charge in [0.15, 0.2) is 0 Å². The van der Waals surface area contributed by atoms with E-state index in [0.29, 0.717) is 34.3 Å². The van der Waals surface area contributed by atoms with Crippen LogP contribution in [0.1, 0.15) is 30.9 Å². The molecular formula is C28H30Cl2N2O2S. The molecule has 0 heterocycles. The second-order valence-electron chi connectivity index (χ2n) is 8.13. The van der Waals surface area contributed by atoms with Gasteiger partial charge < -0.3 is 10.2 Å². The molecule has 7 heteroatoms. The van der Waals surface area contributed by atoms with Gasteiger partial charge >= 0.3 is 0 Å². The van der Waals surface area contributed by atoms with Crippen LogP contribution in [-0.4, -0.2) is 35.1 Å². The summed E-state index contributed by atoms with van der Waals surface area (Å²) in [6.07, 6.45) is 1.49. The number of thioether (sulfide) groups is 1. The number of hydrogen-bond acceptors (Lipinski definition) is 3. The molecule has 2 amide bonds. The molecule has 0 aliphatic carbocycles. The van der Waals surface area contributed by atoms with Crippen molar-refractivity contribution in [1.29, 1.82) is 0 Å². The van der Waals surface area contributed by atoms with E-state index in [9.17, 15) is 9.59 Å². The maximum absolute atomic E-state index is 13.6. The molecule has 3 aromatic rings. The van der Waals surface area contributed by atoms with Crippen LogP contribution in [-0.2, 0) is 22.6 Å². The lowest BCUT2D eigenvalue weighted by molar-refractivity contribution is -0.141. The minimum atomic E-state index is -0.689. The van der Waals surface area contributed by atoms with Gasteiger partial charge in [-0.3, -0.25) is 9.59 Å². The highest BCUT2D eigenvalue weighted by Gasteiger charge is 2.31. The van der Waals surface area contributed by atoms with E-state index >= 15 is 0 Å². The number of nitrogens with one attached hydrogen (secondary N) is 1. The summed E-state index contributed by atoms with van der Waals surface area (Å²) in [5.74, 6) is 0.310. The number of benzene rings is 3. The summed E-state index contributed by atoms with van der Waals surface area (Å²) in [6.45, 7) is 2.70. The van der Waals surface area contributed by atoms with E-state index in [1.54, 1.807) is 34.9 Å². The number of hydrogen-bond donors (Lipinski definition) is 1. The molecule has 0 fully saturated rings. The smallest absolute Gasteiger partial charge is 0.243 e. The Hall–Kier alpha value is -2.47. The van der Waals surface area contributed by atoms with Crippen LogP contribution in [0.3, 0.4) is 0 Å². The quantitative estimate of drug-likeness (QED) is 0.268. The summed E-state index contributed by atoms with van der Waals surface area (Å²) in [5.41, 5.74) is 1.62. The van der Waals surface area contributed by atoms with E-state index < -0.39 is 6.04 Å². The molecule has 4 nitrogen and oxygen atoms in total. The summed E-state index contributed by atoms with van der Waals surface area (Å²) < 4.78 is 0. The van der Waals surface area contributed by atoms with E-state index in [-0.39, 0.29) is 24.8 Å². The summed E-state index contributed by atoms with van der Waals surface area (Å²) in [5, 5.41) is 3.93. The first-order chi connectivity index (χ1) is 17.0. The third kappa shape index (κ3) is 8.31. The molecule has 1 atom stereocenters. The van der Waals surface area contributed by atoms with Crippen LogP contribution >= 0.6 is 35.0 Å². The van der Waals surface area contributed by atoms with Crippen molar-refractivity contribution in [3.63, 3.8) is 0 Å². The monoisotopic (exact) mass is 528 g/mol. The Kier molecular flexibility index (Phi) is 11.0. The van der Waals surface area contributed by atoms with Crippen molar-refractivity contribution in [2.24, 2.45) is 0 Å². The van der Waals surface area contributed by atoms with Crippen LogP contribution in [0.4, 0.5) is 0 Å². The van der Waals surface area contributed by atoms with Crippen LogP contribution in [0.5, 0.6) is 0 Å². The standard InChI is InChI=1S/C28H30Cl2N2O2S/c1-2-17-31-28(34)26(19-21-10-5-3-6-11-21)32(20-23-24(29)14-9-15-25(23)30)27(33)16-18-35-22-12-7-4-8-13-22/h3-15,26H,2,16-20H2,1H3,(H,31,34)/t26-/m1/s1. The van der Waals surface area contributed by atoms with Crippen molar-refractivity contribution in [3.05, 3.63) is 100 Å². The average Bonchev–Trinajstić information content (AvgIpc) is 2.87. The Balaban J connectivity index is 1.88. The number of rotatable bonds is 12. The molecule has 35 heavy (non-hydrogen) atoms. The van der Waals surface area contributed by atoms with Crippen LogP contribution in [0.25, 0.3) is 0 Å². The summed E-state index contributed by atoms with van der Waals surface area (Å²) in [7, 11) is 0. The van der Waals surface area contributed by atoms with E-state index in [1.807, 2.05) is 67.6 Å². The van der Waals surface area contributed by atoms with Gasteiger partial charge in [-0.1, -0.05) is 84.7 Å². The van der Waals surface area contributed by atoms with Gasteiger partial charge in [0.1, 0.15) is 6.04 Å². The van der Waals surface area contributed by atoms with Crippen molar-refractivity contribution >= 4 is 46.8 Å². The van der Waals surface area contributed by atoms with Crippen LogP contribution in [0, 0.1) is 0 Å². The zero-order chi connectivity index (χ0) is 25.0. The first-order valence-corrected chi connectivity index (χ1v) is 13.5. The molecule has 0 radical (unpaired) electrons. The molecule has 0 bridgehead atoms. The third-order valence-electron chi connectivity index (χ3n) is 5.54. The Morgan fingerprint density at radius 2 is 1.54 bits per heavy atom. The van der Waals surface area contributed by atoms with Gasteiger partial charge in [0, 0.05) is 52.2 Å². The van der Waals surface area contributed by atoms with Gasteiger partial charge in [-0.2, -0.15) is 0 Å². The second kappa shape index (κ2) is 14.2. The number of carbonyl (C=O) groups excluding carboxylic acids is 2. The summed E-state index contributed by atoms with van der Waals surface area (Å²) in [6, 6.07) is 24.3. The first-order valence-electron chi connectivity index (χ1n) is 11.7. The fourth-order valence-corrected chi connectivity index (χ4v) is 5.07. The van der Waals surface area contributed by atoms with Crippen molar-refractivity contribution < 1.29 is 9.59 Å². The van der Waals surface area contributed by atoms with Gasteiger partial charge in [-0.15, -0.1) is 11.8 Å². The molecule has 3 aromatic carbocycles. The molecule has 0 unspecified atom stereocenters. The lowest BCUT2D eigenvalue weighted by atomic mass is 10.0. The topological polar surface area (TPSA) is 49.4 Å². The molecule has 184 valence electrons. The van der Waals surface area contributed by atoms with Gasteiger partial charge in [0.25, 0.3) is 0 Å². The summed E-state index contributed by atoms with van der Waals surface area (Å²) in [4.78, 5) is 29.7. The maximum atomic E-state index is 13.6. The molecule has 3 rings (SSSR count). The predicted octanol–water partition coefficient (Wildman–Crippen LogP) is 6.64. The molecule has 0 spiro atoms. The van der Waals surface area contributed by atoms with Crippen molar-refractivity contribution in [2.75, 3.05) is 12.3 Å². The normalized spacial score (nSPS) is 11.6. The molecule has 1 N–H and O–H groups in total. The fraction of sp³-hybridized carbons (Fsp3) is 0.286. The molecule has 0 aromatic heterocycles. The SMILES string of the molecule is CCCNC(=O)[C@@H](Cc1ccccc1)N(Cc1c(Cl)cccc1Cl)C(=O)CCSc1ccccc1. The lowest BCUT2D eigenvalue weighted by Gasteiger charge is -2.32. The maximum Gasteiger partial charge on any atom is 0.243 e.